The summed E-state index contributed by atoms with van der Waals surface area (Å²) in [7, 11) is 0. The van der Waals surface area contributed by atoms with Crippen LogP contribution in [0.25, 0.3) is 0 Å². The Balaban J connectivity index is 2.09. The molecular formula is C15H12N2O4. The Hall–Kier alpha value is -2.76. The zero-order valence-corrected chi connectivity index (χ0v) is 11.3. The molecule has 0 fully saturated rings. The van der Waals surface area contributed by atoms with Crippen LogP contribution in [0.4, 0.5) is 11.4 Å². The molecule has 1 aliphatic carbocycles. The summed E-state index contributed by atoms with van der Waals surface area (Å²) in [6, 6.07) is 4.17. The summed E-state index contributed by atoms with van der Waals surface area (Å²) in [4.78, 5) is 36.2. The van der Waals surface area contributed by atoms with E-state index in [2.05, 4.69) is 0 Å². The van der Waals surface area contributed by atoms with Crippen LogP contribution in [0.2, 0.25) is 0 Å². The van der Waals surface area contributed by atoms with Crippen LogP contribution >= 0.6 is 0 Å². The second-order valence-corrected chi connectivity index (χ2v) is 5.01. The van der Waals surface area contributed by atoms with Crippen molar-refractivity contribution in [2.75, 3.05) is 4.90 Å². The van der Waals surface area contributed by atoms with E-state index in [9.17, 15) is 19.7 Å². The molecule has 6 heteroatoms. The standard InChI is InChI=1S/C15H12N2O4/c1-9-6-7-10(17(20)21)8-13(9)16-14(18)11-4-2-3-5-12(11)15(16)19/h2,4,6-8H,3,5H2,1H3. The van der Waals surface area contributed by atoms with E-state index in [0.29, 0.717) is 23.1 Å². The Labute approximate surface area is 120 Å². The maximum absolute atomic E-state index is 12.4. The molecule has 2 aliphatic rings. The molecule has 1 aliphatic heterocycles. The summed E-state index contributed by atoms with van der Waals surface area (Å²) in [5.41, 5.74) is 1.68. The molecule has 0 saturated carbocycles. The summed E-state index contributed by atoms with van der Waals surface area (Å²) in [5, 5.41) is 10.9. The summed E-state index contributed by atoms with van der Waals surface area (Å²) < 4.78 is 0. The molecule has 21 heavy (non-hydrogen) atoms. The number of imide groups is 1. The van der Waals surface area contributed by atoms with Crippen LogP contribution in [0.15, 0.2) is 41.5 Å². The molecule has 106 valence electrons. The first-order valence-electron chi connectivity index (χ1n) is 6.54. The minimum Gasteiger partial charge on any atom is -0.269 e. The lowest BCUT2D eigenvalue weighted by Crippen LogP contribution is -2.32. The van der Waals surface area contributed by atoms with Crippen molar-refractivity contribution in [1.82, 2.24) is 0 Å². The number of non-ortho nitro benzene ring substituents is 1. The third-order valence-corrected chi connectivity index (χ3v) is 3.71. The molecule has 1 aromatic rings. The zero-order valence-electron chi connectivity index (χ0n) is 11.3. The Morgan fingerprint density at radius 2 is 2.00 bits per heavy atom. The molecule has 1 aromatic carbocycles. The van der Waals surface area contributed by atoms with Gasteiger partial charge in [0, 0.05) is 23.3 Å². The molecule has 3 rings (SSSR count). The SMILES string of the molecule is Cc1ccc([N+](=O)[O-])cc1N1C(=O)C2=C(CCC=C2)C1=O. The van der Waals surface area contributed by atoms with Gasteiger partial charge in [-0.05, 0) is 25.3 Å². The number of nitrogens with zero attached hydrogens (tertiary/aromatic N) is 2. The predicted octanol–water partition coefficient (Wildman–Crippen LogP) is 2.42. The van der Waals surface area contributed by atoms with Crippen LogP contribution in [0.1, 0.15) is 18.4 Å². The van der Waals surface area contributed by atoms with Gasteiger partial charge in [-0.2, -0.15) is 0 Å². The molecule has 0 bridgehead atoms. The lowest BCUT2D eigenvalue weighted by molar-refractivity contribution is -0.384. The fourth-order valence-corrected chi connectivity index (χ4v) is 2.61. The second kappa shape index (κ2) is 4.66. The van der Waals surface area contributed by atoms with Crippen molar-refractivity contribution < 1.29 is 14.5 Å². The van der Waals surface area contributed by atoms with E-state index in [4.69, 9.17) is 0 Å². The molecule has 0 atom stereocenters. The second-order valence-electron chi connectivity index (χ2n) is 5.01. The van der Waals surface area contributed by atoms with Crippen molar-refractivity contribution in [2.24, 2.45) is 0 Å². The number of carbonyl (C=O) groups excluding carboxylic acids is 2. The lowest BCUT2D eigenvalue weighted by atomic mass is 10.00. The number of nitro groups is 1. The Bertz CT molecular complexity index is 746. The van der Waals surface area contributed by atoms with Crippen molar-refractivity contribution in [1.29, 1.82) is 0 Å². The van der Waals surface area contributed by atoms with E-state index < -0.39 is 10.8 Å². The number of amides is 2. The normalized spacial score (nSPS) is 17.5. The number of aryl methyl sites for hydroxylation is 1. The van der Waals surface area contributed by atoms with E-state index in [1.165, 1.54) is 12.1 Å². The van der Waals surface area contributed by atoms with Crippen LogP contribution < -0.4 is 4.90 Å². The van der Waals surface area contributed by atoms with Crippen LogP contribution in [0.3, 0.4) is 0 Å². The number of allylic oxidation sites excluding steroid dienone is 1. The van der Waals surface area contributed by atoms with Crippen molar-refractivity contribution in [3.8, 4) is 0 Å². The molecule has 0 unspecified atom stereocenters. The third-order valence-electron chi connectivity index (χ3n) is 3.71. The molecular weight excluding hydrogens is 272 g/mol. The largest absolute Gasteiger partial charge is 0.271 e. The first kappa shape index (κ1) is 13.2. The van der Waals surface area contributed by atoms with Gasteiger partial charge < -0.3 is 0 Å². The smallest absolute Gasteiger partial charge is 0.269 e. The first-order chi connectivity index (χ1) is 10.0. The summed E-state index contributed by atoms with van der Waals surface area (Å²) in [5.74, 6) is -0.780. The maximum Gasteiger partial charge on any atom is 0.271 e. The van der Waals surface area contributed by atoms with Crippen molar-refractivity contribution in [3.05, 3.63) is 57.2 Å². The fraction of sp³-hybridized carbons (Fsp3) is 0.200. The van der Waals surface area contributed by atoms with Gasteiger partial charge in [0.15, 0.2) is 0 Å². The van der Waals surface area contributed by atoms with Crippen molar-refractivity contribution in [2.45, 2.75) is 19.8 Å². The number of carbonyl (C=O) groups is 2. The van der Waals surface area contributed by atoms with Crippen LogP contribution in [0, 0.1) is 17.0 Å². The predicted molar refractivity (Wildman–Crippen MR) is 75.7 cm³/mol. The molecule has 1 heterocycles. The van der Waals surface area contributed by atoms with Gasteiger partial charge in [0.05, 0.1) is 10.6 Å². The van der Waals surface area contributed by atoms with Crippen LogP contribution in [-0.4, -0.2) is 16.7 Å². The van der Waals surface area contributed by atoms with Gasteiger partial charge in [0.1, 0.15) is 0 Å². The topological polar surface area (TPSA) is 80.5 Å². The highest BCUT2D eigenvalue weighted by Gasteiger charge is 2.39. The van der Waals surface area contributed by atoms with Gasteiger partial charge in [0.25, 0.3) is 17.5 Å². The zero-order chi connectivity index (χ0) is 15.1. The lowest BCUT2D eigenvalue weighted by Gasteiger charge is -2.17. The summed E-state index contributed by atoms with van der Waals surface area (Å²) >= 11 is 0. The van der Waals surface area contributed by atoms with Gasteiger partial charge >= 0.3 is 0 Å². The fourth-order valence-electron chi connectivity index (χ4n) is 2.61. The van der Waals surface area contributed by atoms with E-state index >= 15 is 0 Å². The molecule has 0 N–H and O–H groups in total. The van der Waals surface area contributed by atoms with Gasteiger partial charge in [-0.3, -0.25) is 19.7 Å². The van der Waals surface area contributed by atoms with Gasteiger partial charge in [-0.1, -0.05) is 18.2 Å². The Morgan fingerprint density at radius 3 is 2.67 bits per heavy atom. The number of nitro benzene ring substituents is 1. The number of benzene rings is 1. The molecule has 2 amide bonds. The Morgan fingerprint density at radius 1 is 1.24 bits per heavy atom. The molecule has 0 radical (unpaired) electrons. The first-order valence-corrected chi connectivity index (χ1v) is 6.54. The quantitative estimate of drug-likeness (QED) is 0.474. The number of rotatable bonds is 2. The van der Waals surface area contributed by atoms with Gasteiger partial charge in [-0.15, -0.1) is 0 Å². The van der Waals surface area contributed by atoms with Crippen LogP contribution in [-0.2, 0) is 9.59 Å². The number of hydrogen-bond acceptors (Lipinski definition) is 4. The van der Waals surface area contributed by atoms with E-state index in [-0.39, 0.29) is 17.3 Å². The van der Waals surface area contributed by atoms with Crippen molar-refractivity contribution in [3.63, 3.8) is 0 Å². The highest BCUT2D eigenvalue weighted by Crippen LogP contribution is 2.35. The van der Waals surface area contributed by atoms with Gasteiger partial charge in [-0.25, -0.2) is 4.90 Å². The monoisotopic (exact) mass is 284 g/mol. The highest BCUT2D eigenvalue weighted by molar-refractivity contribution is 6.34. The van der Waals surface area contributed by atoms with E-state index in [1.54, 1.807) is 19.1 Å². The minimum atomic E-state index is -0.540. The number of anilines is 1. The minimum absolute atomic E-state index is 0.142. The summed E-state index contributed by atoms with van der Waals surface area (Å²) in [6.45, 7) is 1.72. The van der Waals surface area contributed by atoms with E-state index in [0.717, 1.165) is 11.3 Å². The third kappa shape index (κ3) is 1.96. The number of hydrogen-bond donors (Lipinski definition) is 0. The van der Waals surface area contributed by atoms with Crippen molar-refractivity contribution >= 4 is 23.2 Å². The van der Waals surface area contributed by atoms with Gasteiger partial charge in [0.2, 0.25) is 0 Å². The Kier molecular flexibility index (Phi) is 2.94. The summed E-state index contributed by atoms with van der Waals surface area (Å²) in [6.07, 6.45) is 4.76. The molecule has 0 aromatic heterocycles. The average molecular weight is 284 g/mol. The van der Waals surface area contributed by atoms with E-state index in [1.807, 2.05) is 6.08 Å². The molecule has 0 spiro atoms. The maximum atomic E-state index is 12.4. The molecule has 6 nitrogen and oxygen atoms in total. The average Bonchev–Trinajstić information content (AvgIpc) is 2.72. The molecule has 0 saturated heterocycles. The van der Waals surface area contributed by atoms with Crippen LogP contribution in [0.5, 0.6) is 0 Å². The highest BCUT2D eigenvalue weighted by atomic mass is 16.6.